The minimum Gasteiger partial charge on any atom is -0.454 e. The summed E-state index contributed by atoms with van der Waals surface area (Å²) in [4.78, 5) is 24.4. The summed E-state index contributed by atoms with van der Waals surface area (Å²) < 4.78 is 12.8. The molecule has 0 aliphatic carbocycles. The van der Waals surface area contributed by atoms with Crippen molar-refractivity contribution in [3.05, 3.63) is 129 Å². The molecule has 0 fully saturated rings. The zero-order valence-corrected chi connectivity index (χ0v) is 21.2. The van der Waals surface area contributed by atoms with Crippen molar-refractivity contribution < 1.29 is 18.9 Å². The van der Waals surface area contributed by atoms with E-state index < -0.39 is 10.9 Å². The summed E-state index contributed by atoms with van der Waals surface area (Å²) in [5.41, 5.74) is 1.81. The highest BCUT2D eigenvalue weighted by Crippen LogP contribution is 2.47. The number of para-hydroxylation sites is 2. The van der Waals surface area contributed by atoms with Crippen LogP contribution in [0.2, 0.25) is 0 Å². The van der Waals surface area contributed by atoms with E-state index in [1.807, 2.05) is 6.07 Å². The number of hydrogen-bond donors (Lipinski definition) is 0. The SMILES string of the molecule is N#Cc1c(-c2ccccc2)oc(-c2ccccc2[N+](=O)[O-])c1-c1ccccc1OC(=O)c1ccc(Br)cc1. The molecule has 1 heterocycles. The van der Waals surface area contributed by atoms with Crippen molar-refractivity contribution >= 4 is 27.6 Å². The molecule has 0 spiro atoms. The van der Waals surface area contributed by atoms with Gasteiger partial charge in [0.25, 0.3) is 5.69 Å². The lowest BCUT2D eigenvalue weighted by Gasteiger charge is -2.11. The van der Waals surface area contributed by atoms with Crippen molar-refractivity contribution in [2.75, 3.05) is 0 Å². The summed E-state index contributed by atoms with van der Waals surface area (Å²) in [5, 5.41) is 22.2. The van der Waals surface area contributed by atoms with Gasteiger partial charge >= 0.3 is 5.97 Å². The van der Waals surface area contributed by atoms with Gasteiger partial charge in [-0.2, -0.15) is 5.26 Å². The summed E-state index contributed by atoms with van der Waals surface area (Å²) in [5.74, 6) is -0.0372. The molecule has 8 heteroatoms. The van der Waals surface area contributed by atoms with Crippen molar-refractivity contribution in [2.45, 2.75) is 0 Å². The molecule has 0 N–H and O–H groups in total. The van der Waals surface area contributed by atoms with Crippen LogP contribution in [0.25, 0.3) is 33.8 Å². The number of rotatable bonds is 6. The van der Waals surface area contributed by atoms with Gasteiger partial charge in [0.1, 0.15) is 17.4 Å². The first-order valence-electron chi connectivity index (χ1n) is 11.4. The summed E-state index contributed by atoms with van der Waals surface area (Å²) in [6.07, 6.45) is 0. The lowest BCUT2D eigenvalue weighted by Crippen LogP contribution is -2.09. The number of nitro benzene ring substituents is 1. The van der Waals surface area contributed by atoms with Gasteiger partial charge in [-0.05, 0) is 36.4 Å². The van der Waals surface area contributed by atoms with Gasteiger partial charge in [-0.1, -0.05) is 76.6 Å². The highest BCUT2D eigenvalue weighted by Gasteiger charge is 2.30. The number of carbonyl (C=O) groups excluding carboxylic acids is 1. The van der Waals surface area contributed by atoms with Gasteiger partial charge in [0.2, 0.25) is 0 Å². The molecule has 0 radical (unpaired) electrons. The average Bonchev–Trinajstić information content (AvgIpc) is 3.33. The van der Waals surface area contributed by atoms with E-state index in [2.05, 4.69) is 22.0 Å². The van der Waals surface area contributed by atoms with E-state index in [0.29, 0.717) is 22.3 Å². The van der Waals surface area contributed by atoms with Gasteiger partial charge in [0.15, 0.2) is 11.5 Å². The Balaban J connectivity index is 1.74. The molecular weight excluding hydrogens is 548 g/mol. The van der Waals surface area contributed by atoms with Crippen LogP contribution in [0, 0.1) is 21.4 Å². The number of esters is 1. The second-order valence-electron chi connectivity index (χ2n) is 8.15. The van der Waals surface area contributed by atoms with E-state index in [-0.39, 0.29) is 34.1 Å². The van der Waals surface area contributed by atoms with Gasteiger partial charge in [0, 0.05) is 21.7 Å². The molecule has 184 valence electrons. The third kappa shape index (κ3) is 4.71. The maximum absolute atomic E-state index is 13.0. The van der Waals surface area contributed by atoms with Crippen LogP contribution in [-0.4, -0.2) is 10.9 Å². The average molecular weight is 565 g/mol. The van der Waals surface area contributed by atoms with Gasteiger partial charge in [-0.25, -0.2) is 4.79 Å². The Bertz CT molecular complexity index is 1700. The topological polar surface area (TPSA) is 106 Å². The van der Waals surface area contributed by atoms with Crippen molar-refractivity contribution in [1.82, 2.24) is 0 Å². The maximum Gasteiger partial charge on any atom is 0.343 e. The van der Waals surface area contributed by atoms with Gasteiger partial charge in [-0.3, -0.25) is 10.1 Å². The second kappa shape index (κ2) is 10.5. The fourth-order valence-corrected chi connectivity index (χ4v) is 4.37. The van der Waals surface area contributed by atoms with Gasteiger partial charge in [0.05, 0.1) is 21.6 Å². The number of nitrogens with zero attached hydrogens (tertiary/aromatic N) is 2. The monoisotopic (exact) mass is 564 g/mol. The molecule has 38 heavy (non-hydrogen) atoms. The number of carbonyl (C=O) groups is 1. The molecule has 0 amide bonds. The molecule has 0 aliphatic heterocycles. The summed E-state index contributed by atoms with van der Waals surface area (Å²) >= 11 is 3.35. The van der Waals surface area contributed by atoms with Crippen LogP contribution in [0.15, 0.2) is 112 Å². The number of halogens is 1. The number of hydrogen-bond acceptors (Lipinski definition) is 6. The predicted octanol–water partition coefficient (Wildman–Crippen LogP) is 8.04. The third-order valence-corrected chi connectivity index (χ3v) is 6.37. The lowest BCUT2D eigenvalue weighted by atomic mass is 9.95. The highest BCUT2D eigenvalue weighted by atomic mass is 79.9. The Morgan fingerprint density at radius 2 is 1.47 bits per heavy atom. The largest absolute Gasteiger partial charge is 0.454 e. The van der Waals surface area contributed by atoms with E-state index >= 15 is 0 Å². The fraction of sp³-hybridized carbons (Fsp3) is 0. The minimum atomic E-state index is -0.595. The van der Waals surface area contributed by atoms with Crippen molar-refractivity contribution in [3.8, 4) is 45.6 Å². The van der Waals surface area contributed by atoms with Gasteiger partial charge < -0.3 is 9.15 Å². The summed E-state index contributed by atoms with van der Waals surface area (Å²) in [6.45, 7) is 0. The molecule has 0 bridgehead atoms. The normalized spacial score (nSPS) is 10.5. The van der Waals surface area contributed by atoms with E-state index in [1.165, 1.54) is 6.07 Å². The minimum absolute atomic E-state index is 0.125. The zero-order valence-electron chi connectivity index (χ0n) is 19.6. The maximum atomic E-state index is 13.0. The molecule has 0 aliphatic rings. The van der Waals surface area contributed by atoms with E-state index in [9.17, 15) is 20.2 Å². The van der Waals surface area contributed by atoms with Crippen LogP contribution in [0.5, 0.6) is 5.75 Å². The summed E-state index contributed by atoms with van der Waals surface area (Å²) in [7, 11) is 0. The number of nitriles is 1. The Morgan fingerprint density at radius 3 is 2.16 bits per heavy atom. The first-order valence-corrected chi connectivity index (χ1v) is 12.2. The van der Waals surface area contributed by atoms with Crippen molar-refractivity contribution in [3.63, 3.8) is 0 Å². The molecule has 5 rings (SSSR count). The molecule has 7 nitrogen and oxygen atoms in total. The third-order valence-electron chi connectivity index (χ3n) is 5.84. The molecule has 0 unspecified atom stereocenters. The Kier molecular flexibility index (Phi) is 6.85. The van der Waals surface area contributed by atoms with E-state index in [4.69, 9.17) is 9.15 Å². The molecule has 0 saturated heterocycles. The quantitative estimate of drug-likeness (QED) is 0.0893. The molecular formula is C30H17BrN2O5. The zero-order chi connectivity index (χ0) is 26.6. The Labute approximate surface area is 225 Å². The van der Waals surface area contributed by atoms with Crippen LogP contribution in [-0.2, 0) is 0 Å². The van der Waals surface area contributed by atoms with Crippen LogP contribution in [0.3, 0.4) is 0 Å². The highest BCUT2D eigenvalue weighted by molar-refractivity contribution is 9.10. The predicted molar refractivity (Wildman–Crippen MR) is 145 cm³/mol. The molecule has 1 aromatic heterocycles. The van der Waals surface area contributed by atoms with Gasteiger partial charge in [-0.15, -0.1) is 0 Å². The summed E-state index contributed by atoms with van der Waals surface area (Å²) in [6, 6.07) is 30.8. The van der Waals surface area contributed by atoms with Crippen LogP contribution >= 0.6 is 15.9 Å². The molecule has 5 aromatic rings. The standard InChI is InChI=1S/C30H17BrN2O5/c31-21-16-14-20(15-17-21)30(34)37-26-13-7-5-11-23(26)27-24(18-32)28(19-8-2-1-3-9-19)38-29(27)22-10-4-6-12-25(22)33(35)36/h1-17H. The number of nitro groups is 1. The second-order valence-corrected chi connectivity index (χ2v) is 9.07. The van der Waals surface area contributed by atoms with Crippen molar-refractivity contribution in [2.24, 2.45) is 0 Å². The fourth-order valence-electron chi connectivity index (χ4n) is 4.11. The van der Waals surface area contributed by atoms with Crippen LogP contribution in [0.4, 0.5) is 5.69 Å². The molecule has 0 atom stereocenters. The number of ether oxygens (including phenoxy) is 1. The number of furan rings is 1. The molecule has 4 aromatic carbocycles. The van der Waals surface area contributed by atoms with Crippen LogP contribution in [0.1, 0.15) is 15.9 Å². The first kappa shape index (κ1) is 24.7. The Morgan fingerprint density at radius 1 is 0.842 bits per heavy atom. The molecule has 0 saturated carbocycles. The first-order chi connectivity index (χ1) is 18.5. The van der Waals surface area contributed by atoms with Crippen LogP contribution < -0.4 is 4.74 Å². The lowest BCUT2D eigenvalue weighted by molar-refractivity contribution is -0.384. The van der Waals surface area contributed by atoms with Crippen molar-refractivity contribution in [1.29, 1.82) is 5.26 Å². The van der Waals surface area contributed by atoms with E-state index in [1.54, 1.807) is 91.0 Å². The Hall–Kier alpha value is -5.00. The number of benzene rings is 4. The van der Waals surface area contributed by atoms with E-state index in [0.717, 1.165) is 4.47 Å². The smallest absolute Gasteiger partial charge is 0.343 e.